The van der Waals surface area contributed by atoms with E-state index < -0.39 is 5.60 Å². The van der Waals surface area contributed by atoms with Gasteiger partial charge in [0, 0.05) is 24.2 Å². The molecule has 1 aromatic carbocycles. The molecule has 0 aliphatic carbocycles. The summed E-state index contributed by atoms with van der Waals surface area (Å²) in [5.74, 6) is 0.883. The summed E-state index contributed by atoms with van der Waals surface area (Å²) < 4.78 is 5.41. The molecule has 1 aliphatic rings. The fraction of sp³-hybridized carbons (Fsp3) is 0.588. The molecule has 2 rings (SSSR count). The van der Waals surface area contributed by atoms with Crippen molar-refractivity contribution in [1.82, 2.24) is 4.90 Å². The van der Waals surface area contributed by atoms with Crippen molar-refractivity contribution >= 4 is 5.78 Å². The zero-order valence-corrected chi connectivity index (χ0v) is 13.2. The number of aliphatic hydroxyl groups is 1. The molecule has 4 nitrogen and oxygen atoms in total. The average molecular weight is 291 g/mol. The smallest absolute Gasteiger partial charge is 0.159 e. The summed E-state index contributed by atoms with van der Waals surface area (Å²) in [6, 6.07) is 5.59. The Morgan fingerprint density at radius 1 is 1.38 bits per heavy atom. The number of Topliss-reactive ketones (excluding diaryl/α,β-unsaturated/α-hetero) is 1. The van der Waals surface area contributed by atoms with E-state index in [2.05, 4.69) is 4.90 Å². The maximum absolute atomic E-state index is 11.5. The molecule has 1 unspecified atom stereocenters. The lowest BCUT2D eigenvalue weighted by atomic mass is 9.98. The van der Waals surface area contributed by atoms with Crippen LogP contribution in [0, 0.1) is 0 Å². The highest BCUT2D eigenvalue weighted by Crippen LogP contribution is 2.26. The summed E-state index contributed by atoms with van der Waals surface area (Å²) in [4.78, 5) is 13.9. The molecule has 116 valence electrons. The van der Waals surface area contributed by atoms with E-state index in [1.807, 2.05) is 19.1 Å². The molecule has 0 amide bonds. The first kappa shape index (κ1) is 16.0. The van der Waals surface area contributed by atoms with Crippen LogP contribution in [-0.4, -0.2) is 41.6 Å². The van der Waals surface area contributed by atoms with Crippen molar-refractivity contribution in [1.29, 1.82) is 0 Å². The van der Waals surface area contributed by atoms with Gasteiger partial charge in [-0.15, -0.1) is 0 Å². The number of nitrogens with zero attached hydrogens (tertiary/aromatic N) is 1. The number of likely N-dealkylation sites (tertiary alicyclic amines) is 1. The van der Waals surface area contributed by atoms with Gasteiger partial charge in [-0.05, 0) is 57.9 Å². The molecule has 1 aliphatic heterocycles. The first-order valence-electron chi connectivity index (χ1n) is 7.54. The second-order valence-electron chi connectivity index (χ2n) is 6.21. The third kappa shape index (κ3) is 4.29. The molecule has 1 saturated heterocycles. The molecule has 21 heavy (non-hydrogen) atoms. The van der Waals surface area contributed by atoms with E-state index in [1.165, 1.54) is 0 Å². The van der Waals surface area contributed by atoms with Crippen molar-refractivity contribution in [2.45, 2.75) is 45.3 Å². The van der Waals surface area contributed by atoms with Crippen LogP contribution in [0.5, 0.6) is 5.75 Å². The summed E-state index contributed by atoms with van der Waals surface area (Å²) in [6.45, 7) is 6.06. The summed E-state index contributed by atoms with van der Waals surface area (Å²) in [7, 11) is 1.65. The van der Waals surface area contributed by atoms with Gasteiger partial charge in [0.2, 0.25) is 0 Å². The van der Waals surface area contributed by atoms with Gasteiger partial charge in [-0.25, -0.2) is 0 Å². The van der Waals surface area contributed by atoms with Gasteiger partial charge in [0.1, 0.15) is 5.75 Å². The van der Waals surface area contributed by atoms with Gasteiger partial charge >= 0.3 is 0 Å². The number of carbonyl (C=O) groups is 1. The molecule has 4 heteroatoms. The number of ether oxygens (including phenoxy) is 1. The molecule has 0 saturated carbocycles. The standard InChI is InChI=1S/C17H25NO3/c1-13(19)14-5-6-16(21-3)15(11-14)12-18-9-4-7-17(2,20)8-10-18/h5-6,11,20H,4,7-10,12H2,1-3H3. The third-order valence-electron chi connectivity index (χ3n) is 4.24. The zero-order valence-electron chi connectivity index (χ0n) is 13.2. The Labute approximate surface area is 126 Å². The Hall–Kier alpha value is -1.39. The number of ketones is 1. The van der Waals surface area contributed by atoms with E-state index >= 15 is 0 Å². The second-order valence-corrected chi connectivity index (χ2v) is 6.21. The Morgan fingerprint density at radius 2 is 2.14 bits per heavy atom. The fourth-order valence-corrected chi connectivity index (χ4v) is 2.84. The lowest BCUT2D eigenvalue weighted by Crippen LogP contribution is -2.28. The number of benzene rings is 1. The van der Waals surface area contributed by atoms with Crippen molar-refractivity contribution in [2.24, 2.45) is 0 Å². The van der Waals surface area contributed by atoms with Crippen molar-refractivity contribution in [3.8, 4) is 5.75 Å². The largest absolute Gasteiger partial charge is 0.496 e. The molecule has 0 radical (unpaired) electrons. The van der Waals surface area contributed by atoms with E-state index in [0.717, 1.165) is 50.2 Å². The number of hydrogen-bond donors (Lipinski definition) is 1. The van der Waals surface area contributed by atoms with Crippen molar-refractivity contribution in [3.63, 3.8) is 0 Å². The Balaban J connectivity index is 2.14. The molecule has 0 bridgehead atoms. The summed E-state index contributed by atoms with van der Waals surface area (Å²) in [6.07, 6.45) is 2.61. The minimum absolute atomic E-state index is 0.0673. The Bertz CT molecular complexity index is 511. The number of methoxy groups -OCH3 is 1. The summed E-state index contributed by atoms with van der Waals surface area (Å²) in [5, 5.41) is 10.2. The van der Waals surface area contributed by atoms with Crippen LogP contribution in [0.2, 0.25) is 0 Å². The summed E-state index contributed by atoms with van der Waals surface area (Å²) >= 11 is 0. The number of rotatable bonds is 4. The second kappa shape index (κ2) is 6.58. The Kier molecular flexibility index (Phi) is 5.01. The normalized spacial score (nSPS) is 23.6. The predicted octanol–water partition coefficient (Wildman–Crippen LogP) is 2.63. The van der Waals surface area contributed by atoms with E-state index in [1.54, 1.807) is 20.1 Å². The van der Waals surface area contributed by atoms with Crippen molar-refractivity contribution in [2.75, 3.05) is 20.2 Å². The van der Waals surface area contributed by atoms with Crippen LogP contribution in [-0.2, 0) is 6.54 Å². The van der Waals surface area contributed by atoms with Crippen LogP contribution < -0.4 is 4.74 Å². The van der Waals surface area contributed by atoms with Gasteiger partial charge in [0.15, 0.2) is 5.78 Å². The minimum atomic E-state index is -0.555. The van der Waals surface area contributed by atoms with Gasteiger partial charge in [-0.3, -0.25) is 9.69 Å². The van der Waals surface area contributed by atoms with E-state index in [9.17, 15) is 9.90 Å². The average Bonchev–Trinajstić information content (AvgIpc) is 2.60. The predicted molar refractivity (Wildman–Crippen MR) is 82.8 cm³/mol. The molecule has 1 N–H and O–H groups in total. The highest BCUT2D eigenvalue weighted by molar-refractivity contribution is 5.94. The lowest BCUT2D eigenvalue weighted by molar-refractivity contribution is 0.0444. The van der Waals surface area contributed by atoms with Crippen LogP contribution >= 0.6 is 0 Å². The van der Waals surface area contributed by atoms with Crippen molar-refractivity contribution < 1.29 is 14.6 Å². The fourth-order valence-electron chi connectivity index (χ4n) is 2.84. The van der Waals surface area contributed by atoms with Crippen LogP contribution in [0.4, 0.5) is 0 Å². The number of hydrogen-bond acceptors (Lipinski definition) is 4. The van der Waals surface area contributed by atoms with E-state index in [0.29, 0.717) is 5.56 Å². The monoisotopic (exact) mass is 291 g/mol. The SMILES string of the molecule is COc1ccc(C(C)=O)cc1CN1CCCC(C)(O)CC1. The zero-order chi connectivity index (χ0) is 15.5. The van der Waals surface area contributed by atoms with Crippen LogP contribution in [0.25, 0.3) is 0 Å². The molecule has 1 aromatic rings. The third-order valence-corrected chi connectivity index (χ3v) is 4.24. The highest BCUT2D eigenvalue weighted by atomic mass is 16.5. The van der Waals surface area contributed by atoms with Crippen LogP contribution in [0.1, 0.15) is 49.0 Å². The number of carbonyl (C=O) groups excluding carboxylic acids is 1. The van der Waals surface area contributed by atoms with Gasteiger partial charge in [-0.1, -0.05) is 0 Å². The first-order chi connectivity index (χ1) is 9.91. The summed E-state index contributed by atoms with van der Waals surface area (Å²) in [5.41, 5.74) is 1.19. The maximum atomic E-state index is 11.5. The molecule has 0 spiro atoms. The Morgan fingerprint density at radius 3 is 2.81 bits per heavy atom. The molecule has 1 atom stereocenters. The highest BCUT2D eigenvalue weighted by Gasteiger charge is 2.25. The van der Waals surface area contributed by atoms with Gasteiger partial charge in [0.25, 0.3) is 0 Å². The minimum Gasteiger partial charge on any atom is -0.496 e. The van der Waals surface area contributed by atoms with Gasteiger partial charge in [0.05, 0.1) is 12.7 Å². The first-order valence-corrected chi connectivity index (χ1v) is 7.54. The topological polar surface area (TPSA) is 49.8 Å². The van der Waals surface area contributed by atoms with E-state index in [-0.39, 0.29) is 5.78 Å². The molecule has 0 aromatic heterocycles. The van der Waals surface area contributed by atoms with Gasteiger partial charge in [-0.2, -0.15) is 0 Å². The van der Waals surface area contributed by atoms with Crippen LogP contribution in [0.15, 0.2) is 18.2 Å². The molecule has 1 fully saturated rings. The molecular formula is C17H25NO3. The lowest BCUT2D eigenvalue weighted by Gasteiger charge is -2.23. The van der Waals surface area contributed by atoms with E-state index in [4.69, 9.17) is 4.74 Å². The van der Waals surface area contributed by atoms with Crippen molar-refractivity contribution in [3.05, 3.63) is 29.3 Å². The quantitative estimate of drug-likeness (QED) is 0.866. The molecule has 1 heterocycles. The maximum Gasteiger partial charge on any atom is 0.159 e. The van der Waals surface area contributed by atoms with Crippen LogP contribution in [0.3, 0.4) is 0 Å². The van der Waals surface area contributed by atoms with Gasteiger partial charge < -0.3 is 9.84 Å². The molecular weight excluding hydrogens is 266 g/mol.